The molecule has 0 fully saturated rings. The van der Waals surface area contributed by atoms with Gasteiger partial charge in [0.2, 0.25) is 11.2 Å². The van der Waals surface area contributed by atoms with Crippen LogP contribution in [0.4, 0.5) is 0 Å². The van der Waals surface area contributed by atoms with E-state index in [0.29, 0.717) is 0 Å². The van der Waals surface area contributed by atoms with Crippen LogP contribution in [0.5, 0.6) is 34.5 Å². The fourth-order valence-corrected chi connectivity index (χ4v) is 2.35. The van der Waals surface area contributed by atoms with E-state index < -0.39 is 28.4 Å². The van der Waals surface area contributed by atoms with Gasteiger partial charge in [-0.05, 0) is 12.1 Å². The van der Waals surface area contributed by atoms with Crippen LogP contribution in [0.3, 0.4) is 0 Å². The van der Waals surface area contributed by atoms with Crippen LogP contribution in [-0.2, 0) is 0 Å². The summed E-state index contributed by atoms with van der Waals surface area (Å²) in [5.74, 6) is -3.43. The van der Waals surface area contributed by atoms with Crippen LogP contribution >= 0.6 is 0 Å². The van der Waals surface area contributed by atoms with Crippen molar-refractivity contribution in [1.82, 2.24) is 0 Å². The fraction of sp³-hybridized carbons (Fsp3) is 0.0625. The number of phenolic OH excluding ortho intramolecular Hbond substituents is 4. The van der Waals surface area contributed by atoms with Gasteiger partial charge < -0.3 is 34.7 Å². The van der Waals surface area contributed by atoms with Crippen LogP contribution in [0.2, 0.25) is 0 Å². The summed E-state index contributed by atoms with van der Waals surface area (Å²) in [5.41, 5.74) is -0.950. The molecule has 24 heavy (non-hydrogen) atoms. The lowest BCUT2D eigenvalue weighted by atomic mass is 10.1. The fourth-order valence-electron chi connectivity index (χ4n) is 2.35. The Morgan fingerprint density at radius 1 is 0.917 bits per heavy atom. The first-order valence-electron chi connectivity index (χ1n) is 6.65. The second kappa shape index (κ2) is 5.27. The number of methoxy groups -OCH3 is 1. The minimum atomic E-state index is -0.824. The molecule has 0 unspecified atom stereocenters. The van der Waals surface area contributed by atoms with Crippen molar-refractivity contribution in [1.29, 1.82) is 0 Å². The zero-order valence-electron chi connectivity index (χ0n) is 12.3. The molecule has 3 rings (SSSR count). The highest BCUT2D eigenvalue weighted by atomic mass is 16.5. The summed E-state index contributed by atoms with van der Waals surface area (Å²) in [6.07, 6.45) is 0. The number of phenols is 4. The van der Waals surface area contributed by atoms with E-state index in [1.165, 1.54) is 13.2 Å². The molecule has 0 saturated heterocycles. The van der Waals surface area contributed by atoms with Crippen LogP contribution in [0.15, 0.2) is 33.5 Å². The average molecular weight is 332 g/mol. The highest BCUT2D eigenvalue weighted by Crippen LogP contribution is 2.42. The van der Waals surface area contributed by atoms with Gasteiger partial charge in [-0.2, -0.15) is 0 Å². The zero-order chi connectivity index (χ0) is 17.6. The Balaban J connectivity index is 2.39. The Kier molecular flexibility index (Phi) is 3.37. The predicted octanol–water partition coefficient (Wildman–Crippen LogP) is 2.00. The first-order valence-corrected chi connectivity index (χ1v) is 6.65. The van der Waals surface area contributed by atoms with Crippen LogP contribution in [0, 0.1) is 0 Å². The number of fused-ring (bicyclic) bond motifs is 1. The molecule has 8 heteroatoms. The summed E-state index contributed by atoms with van der Waals surface area (Å²) < 4.78 is 10.4. The van der Waals surface area contributed by atoms with Gasteiger partial charge in [-0.25, -0.2) is 0 Å². The molecule has 0 aliphatic heterocycles. The highest BCUT2D eigenvalue weighted by Gasteiger charge is 2.21. The highest BCUT2D eigenvalue weighted by molar-refractivity contribution is 5.88. The summed E-state index contributed by atoms with van der Waals surface area (Å²) >= 11 is 0. The maximum absolute atomic E-state index is 12.4. The van der Waals surface area contributed by atoms with Crippen LogP contribution in [0.25, 0.3) is 22.3 Å². The van der Waals surface area contributed by atoms with E-state index >= 15 is 0 Å². The van der Waals surface area contributed by atoms with E-state index in [1.807, 2.05) is 0 Å². The molecule has 0 aliphatic carbocycles. The molecule has 0 bridgehead atoms. The first-order chi connectivity index (χ1) is 11.3. The lowest BCUT2D eigenvalue weighted by Gasteiger charge is -2.10. The standard InChI is InChI=1S/C16H12O8/c1-23-10-4-7(17)5-11-12(10)14(21)15(22)16(24-11)6-2-8(18)13(20)9(19)3-6/h2-5,17-20,22H,1H3. The van der Waals surface area contributed by atoms with Crippen molar-refractivity contribution in [3.8, 4) is 45.8 Å². The Morgan fingerprint density at radius 3 is 2.12 bits per heavy atom. The van der Waals surface area contributed by atoms with E-state index in [1.54, 1.807) is 0 Å². The number of ether oxygens (including phenoxy) is 1. The molecular formula is C16H12O8. The number of hydrogen-bond acceptors (Lipinski definition) is 8. The molecule has 5 N–H and O–H groups in total. The molecule has 0 atom stereocenters. The average Bonchev–Trinajstić information content (AvgIpc) is 2.54. The summed E-state index contributed by atoms with van der Waals surface area (Å²) in [6, 6.07) is 4.34. The van der Waals surface area contributed by atoms with E-state index in [9.17, 15) is 30.3 Å². The summed E-state index contributed by atoms with van der Waals surface area (Å²) in [4.78, 5) is 12.4. The zero-order valence-corrected chi connectivity index (χ0v) is 12.3. The summed E-state index contributed by atoms with van der Waals surface area (Å²) in [6.45, 7) is 0. The number of rotatable bonds is 2. The van der Waals surface area contributed by atoms with Crippen molar-refractivity contribution in [3.05, 3.63) is 34.5 Å². The first kappa shape index (κ1) is 15.3. The quantitative estimate of drug-likeness (QED) is 0.449. The van der Waals surface area contributed by atoms with Crippen molar-refractivity contribution in [2.24, 2.45) is 0 Å². The number of benzene rings is 2. The van der Waals surface area contributed by atoms with Crippen LogP contribution in [-0.4, -0.2) is 32.6 Å². The van der Waals surface area contributed by atoms with Gasteiger partial charge in [0.25, 0.3) is 0 Å². The monoisotopic (exact) mass is 332 g/mol. The third-order valence-corrected chi connectivity index (χ3v) is 3.47. The molecular weight excluding hydrogens is 320 g/mol. The topological polar surface area (TPSA) is 141 Å². The molecule has 0 spiro atoms. The Labute approximate surface area is 134 Å². The van der Waals surface area contributed by atoms with Crippen LogP contribution < -0.4 is 10.2 Å². The molecule has 3 aromatic rings. The SMILES string of the molecule is COc1cc(O)cc2oc(-c3cc(O)c(O)c(O)c3)c(O)c(=O)c12. The Morgan fingerprint density at radius 2 is 1.54 bits per heavy atom. The van der Waals surface area contributed by atoms with Gasteiger partial charge in [-0.15, -0.1) is 0 Å². The number of hydrogen-bond donors (Lipinski definition) is 5. The van der Waals surface area contributed by atoms with E-state index in [-0.39, 0.29) is 33.8 Å². The smallest absolute Gasteiger partial charge is 0.238 e. The normalized spacial score (nSPS) is 10.9. The summed E-state index contributed by atoms with van der Waals surface area (Å²) in [5, 5.41) is 48.2. The van der Waals surface area contributed by atoms with Crippen molar-refractivity contribution >= 4 is 11.0 Å². The molecule has 1 heterocycles. The van der Waals surface area contributed by atoms with Gasteiger partial charge in [0.05, 0.1) is 7.11 Å². The largest absolute Gasteiger partial charge is 0.508 e. The second-order valence-corrected chi connectivity index (χ2v) is 4.99. The van der Waals surface area contributed by atoms with Gasteiger partial charge >= 0.3 is 0 Å². The van der Waals surface area contributed by atoms with Crippen LogP contribution in [0.1, 0.15) is 0 Å². The second-order valence-electron chi connectivity index (χ2n) is 4.99. The molecule has 0 radical (unpaired) electrons. The Hall–Kier alpha value is -3.55. The molecule has 124 valence electrons. The molecule has 0 aliphatic rings. The van der Waals surface area contributed by atoms with E-state index in [0.717, 1.165) is 18.2 Å². The predicted molar refractivity (Wildman–Crippen MR) is 82.8 cm³/mol. The van der Waals surface area contributed by atoms with Gasteiger partial charge in [0.15, 0.2) is 23.0 Å². The molecule has 1 aromatic heterocycles. The van der Waals surface area contributed by atoms with Crippen molar-refractivity contribution < 1.29 is 34.7 Å². The minimum absolute atomic E-state index is 0.0111. The number of aromatic hydroxyl groups is 5. The molecule has 0 amide bonds. The summed E-state index contributed by atoms with van der Waals surface area (Å²) in [7, 11) is 1.29. The third kappa shape index (κ3) is 2.21. The maximum atomic E-state index is 12.4. The van der Waals surface area contributed by atoms with E-state index in [4.69, 9.17) is 9.15 Å². The van der Waals surface area contributed by atoms with Crippen molar-refractivity contribution in [2.75, 3.05) is 7.11 Å². The van der Waals surface area contributed by atoms with Gasteiger partial charge in [0.1, 0.15) is 22.5 Å². The van der Waals surface area contributed by atoms with Gasteiger partial charge in [0, 0.05) is 17.7 Å². The minimum Gasteiger partial charge on any atom is -0.508 e. The van der Waals surface area contributed by atoms with Crippen molar-refractivity contribution in [3.63, 3.8) is 0 Å². The third-order valence-electron chi connectivity index (χ3n) is 3.47. The Bertz CT molecular complexity index is 996. The maximum Gasteiger partial charge on any atom is 0.238 e. The van der Waals surface area contributed by atoms with Gasteiger partial charge in [-0.1, -0.05) is 0 Å². The van der Waals surface area contributed by atoms with Gasteiger partial charge in [-0.3, -0.25) is 4.79 Å². The van der Waals surface area contributed by atoms with Crippen molar-refractivity contribution in [2.45, 2.75) is 0 Å². The lowest BCUT2D eigenvalue weighted by Crippen LogP contribution is -2.04. The molecule has 0 saturated carbocycles. The molecule has 2 aromatic carbocycles. The lowest BCUT2D eigenvalue weighted by molar-refractivity contribution is 0.368. The molecule has 8 nitrogen and oxygen atoms in total. The van der Waals surface area contributed by atoms with E-state index in [2.05, 4.69) is 0 Å².